The summed E-state index contributed by atoms with van der Waals surface area (Å²) in [6.45, 7) is 0. The third-order valence-corrected chi connectivity index (χ3v) is 8.77. The smallest absolute Gasteiger partial charge is 0.228 e. The number of benzene rings is 2. The van der Waals surface area contributed by atoms with E-state index in [1.807, 2.05) is 24.3 Å². The molecule has 4 aliphatic carbocycles. The second kappa shape index (κ2) is 8.62. The second-order valence-corrected chi connectivity index (χ2v) is 10.8. The lowest BCUT2D eigenvalue weighted by Gasteiger charge is -2.08. The Kier molecular flexibility index (Phi) is 5.48. The zero-order valence-electron chi connectivity index (χ0n) is 19.3. The van der Waals surface area contributed by atoms with E-state index in [-0.39, 0.29) is 23.7 Å². The first-order chi connectivity index (χ1) is 16.2. The van der Waals surface area contributed by atoms with Crippen LogP contribution in [0.3, 0.4) is 0 Å². The summed E-state index contributed by atoms with van der Waals surface area (Å²) in [6, 6.07) is 16.5. The lowest BCUT2D eigenvalue weighted by molar-refractivity contribution is -0.118. The quantitative estimate of drug-likeness (QED) is 0.574. The summed E-state index contributed by atoms with van der Waals surface area (Å²) in [7, 11) is 0. The SMILES string of the molecule is O=C(Nc1ccc(Cc2ccc(NC(=O)C3C4CCCCC43)cc2)cc1)C1C2CCCCC21. The molecule has 0 heterocycles. The van der Waals surface area contributed by atoms with Gasteiger partial charge >= 0.3 is 0 Å². The summed E-state index contributed by atoms with van der Waals surface area (Å²) < 4.78 is 0. The van der Waals surface area contributed by atoms with Gasteiger partial charge in [-0.05, 0) is 91.2 Å². The third-order valence-electron chi connectivity index (χ3n) is 8.77. The van der Waals surface area contributed by atoms with Crippen LogP contribution in [-0.2, 0) is 16.0 Å². The Bertz CT molecular complexity index is 921. The molecule has 172 valence electrons. The molecule has 2 amide bonds. The molecule has 4 unspecified atom stereocenters. The summed E-state index contributed by atoms with van der Waals surface area (Å²) >= 11 is 0. The number of hydrogen-bond acceptors (Lipinski definition) is 2. The van der Waals surface area contributed by atoms with Crippen LogP contribution in [0.1, 0.15) is 62.5 Å². The summed E-state index contributed by atoms with van der Waals surface area (Å²) in [4.78, 5) is 25.2. The van der Waals surface area contributed by atoms with E-state index in [0.717, 1.165) is 17.8 Å². The molecule has 2 N–H and O–H groups in total. The van der Waals surface area contributed by atoms with Crippen molar-refractivity contribution >= 4 is 23.2 Å². The van der Waals surface area contributed by atoms with Crippen molar-refractivity contribution in [2.24, 2.45) is 35.5 Å². The lowest BCUT2D eigenvalue weighted by atomic mass is 10.0. The number of rotatable bonds is 6. The van der Waals surface area contributed by atoms with Crippen LogP contribution in [0.5, 0.6) is 0 Å². The molecule has 33 heavy (non-hydrogen) atoms. The first-order valence-corrected chi connectivity index (χ1v) is 13.0. The van der Waals surface area contributed by atoms with Crippen molar-refractivity contribution < 1.29 is 9.59 Å². The monoisotopic (exact) mass is 442 g/mol. The van der Waals surface area contributed by atoms with Crippen LogP contribution in [0.15, 0.2) is 48.5 Å². The van der Waals surface area contributed by atoms with E-state index in [2.05, 4.69) is 34.9 Å². The zero-order chi connectivity index (χ0) is 22.4. The molecule has 0 aromatic heterocycles. The maximum atomic E-state index is 12.6. The van der Waals surface area contributed by atoms with E-state index in [1.165, 1.54) is 62.5 Å². The Labute approximate surface area is 196 Å². The minimum absolute atomic E-state index is 0.211. The molecule has 2 aromatic carbocycles. The highest BCUT2D eigenvalue weighted by atomic mass is 16.2. The summed E-state index contributed by atoms with van der Waals surface area (Å²) in [5.41, 5.74) is 4.22. The van der Waals surface area contributed by atoms with E-state index >= 15 is 0 Å². The minimum atomic E-state index is 0.211. The van der Waals surface area contributed by atoms with E-state index in [4.69, 9.17) is 0 Å². The first kappa shape index (κ1) is 20.9. The standard InChI is InChI=1S/C29H34N2O2/c32-28(26-22-5-1-2-6-23(22)26)30-20-13-9-18(10-14-20)17-19-11-15-21(16-12-19)31-29(33)27-24-7-3-4-8-25(24)27/h9-16,22-27H,1-8,17H2,(H,30,32)(H,31,33). The summed E-state index contributed by atoms with van der Waals surface area (Å²) in [5, 5.41) is 6.26. The number of anilines is 2. The molecule has 2 aromatic rings. The van der Waals surface area contributed by atoms with E-state index in [0.29, 0.717) is 23.7 Å². The fourth-order valence-electron chi connectivity index (χ4n) is 6.86. The van der Waals surface area contributed by atoms with Gasteiger partial charge in [-0.3, -0.25) is 9.59 Å². The molecular formula is C29H34N2O2. The average Bonchev–Trinajstić information content (AvgIpc) is 3.74. The molecule has 4 saturated carbocycles. The molecule has 4 aliphatic rings. The normalized spacial score (nSPS) is 31.6. The Balaban J connectivity index is 1.00. The molecule has 0 spiro atoms. The van der Waals surface area contributed by atoms with Crippen LogP contribution in [0.2, 0.25) is 0 Å². The molecule has 0 radical (unpaired) electrons. The van der Waals surface area contributed by atoms with Gasteiger partial charge in [0.2, 0.25) is 11.8 Å². The van der Waals surface area contributed by atoms with E-state index in [9.17, 15) is 9.59 Å². The molecule has 6 rings (SSSR count). The van der Waals surface area contributed by atoms with Crippen LogP contribution in [0, 0.1) is 35.5 Å². The van der Waals surface area contributed by atoms with Gasteiger partial charge in [-0.15, -0.1) is 0 Å². The van der Waals surface area contributed by atoms with Gasteiger partial charge in [-0.2, -0.15) is 0 Å². The van der Waals surface area contributed by atoms with Gasteiger partial charge in [0.1, 0.15) is 0 Å². The molecule has 0 bridgehead atoms. The predicted octanol–water partition coefficient (Wildman–Crippen LogP) is 6.03. The van der Waals surface area contributed by atoms with E-state index < -0.39 is 0 Å². The van der Waals surface area contributed by atoms with Crippen molar-refractivity contribution in [2.75, 3.05) is 10.6 Å². The van der Waals surface area contributed by atoms with Crippen molar-refractivity contribution in [3.8, 4) is 0 Å². The largest absolute Gasteiger partial charge is 0.326 e. The topological polar surface area (TPSA) is 58.2 Å². The fourth-order valence-corrected chi connectivity index (χ4v) is 6.86. The molecule has 4 heteroatoms. The van der Waals surface area contributed by atoms with Gasteiger partial charge in [0.25, 0.3) is 0 Å². The number of carbonyl (C=O) groups excluding carboxylic acids is 2. The Morgan fingerprint density at radius 3 is 1.24 bits per heavy atom. The lowest BCUT2D eigenvalue weighted by Crippen LogP contribution is -2.15. The van der Waals surface area contributed by atoms with Gasteiger partial charge in [0, 0.05) is 23.2 Å². The van der Waals surface area contributed by atoms with Crippen LogP contribution in [-0.4, -0.2) is 11.8 Å². The Morgan fingerprint density at radius 2 is 0.909 bits per heavy atom. The van der Waals surface area contributed by atoms with Crippen LogP contribution in [0.25, 0.3) is 0 Å². The molecule has 4 fully saturated rings. The van der Waals surface area contributed by atoms with Crippen molar-refractivity contribution in [1.82, 2.24) is 0 Å². The van der Waals surface area contributed by atoms with Crippen LogP contribution in [0.4, 0.5) is 11.4 Å². The van der Waals surface area contributed by atoms with Crippen molar-refractivity contribution in [1.29, 1.82) is 0 Å². The average molecular weight is 443 g/mol. The second-order valence-electron chi connectivity index (χ2n) is 10.8. The number of hydrogen-bond donors (Lipinski definition) is 2. The zero-order valence-corrected chi connectivity index (χ0v) is 19.3. The maximum absolute atomic E-state index is 12.6. The maximum Gasteiger partial charge on any atom is 0.228 e. The Morgan fingerprint density at radius 1 is 0.576 bits per heavy atom. The van der Waals surface area contributed by atoms with E-state index in [1.54, 1.807) is 0 Å². The number of amides is 2. The highest BCUT2D eigenvalue weighted by Gasteiger charge is 2.55. The fraction of sp³-hybridized carbons (Fsp3) is 0.517. The molecule has 0 aliphatic heterocycles. The van der Waals surface area contributed by atoms with Crippen molar-refractivity contribution in [2.45, 2.75) is 57.8 Å². The highest BCUT2D eigenvalue weighted by Crippen LogP contribution is 2.56. The van der Waals surface area contributed by atoms with Crippen molar-refractivity contribution in [3.05, 3.63) is 59.7 Å². The van der Waals surface area contributed by atoms with Gasteiger partial charge in [0.05, 0.1) is 0 Å². The first-order valence-electron chi connectivity index (χ1n) is 13.0. The molecule has 4 nitrogen and oxygen atoms in total. The van der Waals surface area contributed by atoms with Gasteiger partial charge < -0.3 is 10.6 Å². The Hall–Kier alpha value is -2.62. The number of fused-ring (bicyclic) bond motifs is 2. The predicted molar refractivity (Wildman–Crippen MR) is 131 cm³/mol. The number of nitrogens with one attached hydrogen (secondary N) is 2. The highest BCUT2D eigenvalue weighted by molar-refractivity contribution is 5.95. The van der Waals surface area contributed by atoms with Gasteiger partial charge in [0.15, 0.2) is 0 Å². The molecule has 4 atom stereocenters. The molecule has 0 saturated heterocycles. The van der Waals surface area contributed by atoms with Crippen LogP contribution < -0.4 is 10.6 Å². The molecular weight excluding hydrogens is 408 g/mol. The van der Waals surface area contributed by atoms with Gasteiger partial charge in [-0.1, -0.05) is 49.9 Å². The summed E-state index contributed by atoms with van der Waals surface area (Å²) in [5.74, 6) is 3.47. The summed E-state index contributed by atoms with van der Waals surface area (Å²) in [6.07, 6.45) is 10.9. The number of carbonyl (C=O) groups is 2. The third kappa shape index (κ3) is 4.32. The van der Waals surface area contributed by atoms with Gasteiger partial charge in [-0.25, -0.2) is 0 Å². The minimum Gasteiger partial charge on any atom is -0.326 e. The van der Waals surface area contributed by atoms with Crippen LogP contribution >= 0.6 is 0 Å². The van der Waals surface area contributed by atoms with Crippen molar-refractivity contribution in [3.63, 3.8) is 0 Å².